The summed E-state index contributed by atoms with van der Waals surface area (Å²) in [7, 11) is 3.95. The molecule has 5 nitrogen and oxygen atoms in total. The van der Waals surface area contributed by atoms with E-state index < -0.39 is 11.1 Å². The molecule has 2 atom stereocenters. The Morgan fingerprint density at radius 1 is 1.45 bits per heavy atom. The lowest BCUT2D eigenvalue weighted by molar-refractivity contribution is 0.472. The van der Waals surface area contributed by atoms with E-state index in [1.165, 1.54) is 12.1 Å². The average Bonchev–Trinajstić information content (AvgIpc) is 2.41. The maximum Gasteiger partial charge on any atom is 0.116 e. The van der Waals surface area contributed by atoms with Gasteiger partial charge in [-0.05, 0) is 41.8 Å². The van der Waals surface area contributed by atoms with Gasteiger partial charge >= 0.3 is 0 Å². The van der Waals surface area contributed by atoms with E-state index >= 15 is 0 Å². The molecule has 108 valence electrons. The summed E-state index contributed by atoms with van der Waals surface area (Å²) in [6.07, 6.45) is 6.86. The van der Waals surface area contributed by atoms with E-state index in [9.17, 15) is 13.9 Å². The summed E-state index contributed by atoms with van der Waals surface area (Å²) >= 11 is -2.39. The molecule has 0 spiro atoms. The summed E-state index contributed by atoms with van der Waals surface area (Å²) in [6.45, 7) is 0. The maximum absolute atomic E-state index is 11.2. The first-order valence-electron chi connectivity index (χ1n) is 6.22. The number of rotatable bonds is 4. The molecule has 0 aromatic heterocycles. The zero-order valence-corrected chi connectivity index (χ0v) is 12.2. The molecule has 0 heterocycles. The third kappa shape index (κ3) is 3.40. The van der Waals surface area contributed by atoms with Gasteiger partial charge in [-0.1, -0.05) is 12.2 Å². The van der Waals surface area contributed by atoms with Gasteiger partial charge in [0.05, 0.1) is 4.90 Å². The minimum atomic E-state index is -2.39. The van der Waals surface area contributed by atoms with Crippen molar-refractivity contribution in [2.75, 3.05) is 19.4 Å². The lowest BCUT2D eigenvalue weighted by Crippen LogP contribution is -2.21. The molecular formula is C14H17N2O3S-. The predicted molar refractivity (Wildman–Crippen MR) is 78.2 cm³/mol. The van der Waals surface area contributed by atoms with Gasteiger partial charge < -0.3 is 19.9 Å². The summed E-state index contributed by atoms with van der Waals surface area (Å²) in [5.41, 5.74) is 1.62. The number of phenolic OH excluding ortho intramolecular Hbond substituents is 1. The summed E-state index contributed by atoms with van der Waals surface area (Å²) in [5.74, 6) is -0.0660. The van der Waals surface area contributed by atoms with Gasteiger partial charge in [-0.15, -0.1) is 0 Å². The van der Waals surface area contributed by atoms with Crippen molar-refractivity contribution in [3.8, 4) is 5.75 Å². The highest BCUT2D eigenvalue weighted by Gasteiger charge is 2.12. The third-order valence-corrected chi connectivity index (χ3v) is 3.78. The number of nitrogens with zero attached hydrogens (tertiary/aromatic N) is 1. The van der Waals surface area contributed by atoms with Crippen LogP contribution in [-0.4, -0.2) is 38.9 Å². The van der Waals surface area contributed by atoms with E-state index in [1.54, 1.807) is 6.07 Å². The van der Waals surface area contributed by atoms with E-state index in [0.717, 1.165) is 12.1 Å². The van der Waals surface area contributed by atoms with Gasteiger partial charge in [0.2, 0.25) is 0 Å². The molecule has 0 fully saturated rings. The van der Waals surface area contributed by atoms with Gasteiger partial charge in [-0.25, -0.2) is 0 Å². The van der Waals surface area contributed by atoms with Gasteiger partial charge in [-0.2, -0.15) is 0 Å². The van der Waals surface area contributed by atoms with Gasteiger partial charge in [0.25, 0.3) is 0 Å². The molecule has 0 saturated carbocycles. The van der Waals surface area contributed by atoms with E-state index in [0.29, 0.717) is 5.69 Å². The van der Waals surface area contributed by atoms with Gasteiger partial charge in [-0.3, -0.25) is 4.21 Å². The molecule has 0 bridgehead atoms. The first kappa shape index (κ1) is 14.6. The van der Waals surface area contributed by atoms with E-state index in [1.807, 2.05) is 31.1 Å². The number of nitrogens with one attached hydrogen (secondary N) is 1. The molecule has 6 heteroatoms. The van der Waals surface area contributed by atoms with Crippen LogP contribution in [0.3, 0.4) is 0 Å². The van der Waals surface area contributed by atoms with Crippen molar-refractivity contribution in [1.29, 1.82) is 0 Å². The summed E-state index contributed by atoms with van der Waals surface area (Å²) < 4.78 is 22.3. The lowest BCUT2D eigenvalue weighted by Gasteiger charge is -2.24. The van der Waals surface area contributed by atoms with E-state index in [2.05, 4.69) is 11.4 Å². The number of benzene rings is 1. The largest absolute Gasteiger partial charge is 0.768 e. The van der Waals surface area contributed by atoms with Crippen LogP contribution < -0.4 is 5.32 Å². The number of phenols is 1. The first-order valence-corrected chi connectivity index (χ1v) is 7.29. The second kappa shape index (κ2) is 6.11. The van der Waals surface area contributed by atoms with Crippen molar-refractivity contribution >= 4 is 16.8 Å². The number of allylic oxidation sites excluding steroid dienone is 1. The van der Waals surface area contributed by atoms with Crippen LogP contribution in [0.5, 0.6) is 5.75 Å². The van der Waals surface area contributed by atoms with Gasteiger partial charge in [0, 0.05) is 31.5 Å². The van der Waals surface area contributed by atoms with Crippen molar-refractivity contribution in [2.24, 2.45) is 0 Å². The van der Waals surface area contributed by atoms with Crippen LogP contribution in [0.25, 0.3) is 0 Å². The molecule has 1 aromatic carbocycles. The molecule has 2 unspecified atom stereocenters. The lowest BCUT2D eigenvalue weighted by atomic mass is 10.1. The molecule has 0 aliphatic heterocycles. The highest BCUT2D eigenvalue weighted by atomic mass is 32.2. The Morgan fingerprint density at radius 2 is 2.20 bits per heavy atom. The van der Waals surface area contributed by atoms with Gasteiger partial charge in [0.1, 0.15) is 5.75 Å². The SMILES string of the molecule is CN(C)C1=CCC(Nc2ccc(O)cc2S(=O)[O-])C=C1. The van der Waals surface area contributed by atoms with Crippen LogP contribution in [0.1, 0.15) is 6.42 Å². The highest BCUT2D eigenvalue weighted by Crippen LogP contribution is 2.26. The zero-order chi connectivity index (χ0) is 14.7. The second-order valence-corrected chi connectivity index (χ2v) is 5.69. The van der Waals surface area contributed by atoms with Crippen molar-refractivity contribution in [2.45, 2.75) is 17.4 Å². The highest BCUT2D eigenvalue weighted by molar-refractivity contribution is 7.79. The van der Waals surface area contributed by atoms with Crippen LogP contribution >= 0.6 is 0 Å². The average molecular weight is 293 g/mol. The molecule has 1 aliphatic rings. The Hall–Kier alpha value is -1.79. The fourth-order valence-electron chi connectivity index (χ4n) is 2.02. The van der Waals surface area contributed by atoms with Crippen molar-refractivity contribution in [1.82, 2.24) is 4.90 Å². The number of hydrogen-bond acceptors (Lipinski definition) is 5. The smallest absolute Gasteiger partial charge is 0.116 e. The molecule has 1 aliphatic carbocycles. The van der Waals surface area contributed by atoms with Crippen LogP contribution in [0, 0.1) is 0 Å². The molecule has 2 N–H and O–H groups in total. The normalized spacial score (nSPS) is 19.4. The Kier molecular flexibility index (Phi) is 4.46. The topological polar surface area (TPSA) is 75.6 Å². The number of hydrogen-bond donors (Lipinski definition) is 2. The monoisotopic (exact) mass is 293 g/mol. The standard InChI is InChI=1S/C14H18N2O3S/c1-16(2)11-5-3-10(4-6-11)15-13-8-7-12(17)9-14(13)20(18)19/h3,5-10,15,17H,4H2,1-2H3,(H,18,19)/p-1. The van der Waals surface area contributed by atoms with Crippen molar-refractivity contribution in [3.05, 3.63) is 42.1 Å². The Bertz CT molecular complexity index is 582. The van der Waals surface area contributed by atoms with Crippen LogP contribution in [0.2, 0.25) is 0 Å². The van der Waals surface area contributed by atoms with Crippen LogP contribution in [0.15, 0.2) is 47.0 Å². The minimum absolute atomic E-state index is 0.0329. The summed E-state index contributed by atoms with van der Waals surface area (Å²) in [6, 6.07) is 4.30. The Balaban J connectivity index is 2.13. The van der Waals surface area contributed by atoms with E-state index in [4.69, 9.17) is 0 Å². The molecule has 1 aromatic rings. The summed E-state index contributed by atoms with van der Waals surface area (Å²) in [5, 5.41) is 12.5. The van der Waals surface area contributed by atoms with Crippen LogP contribution in [-0.2, 0) is 11.1 Å². The first-order chi connectivity index (χ1) is 9.47. The van der Waals surface area contributed by atoms with E-state index in [-0.39, 0.29) is 16.7 Å². The number of aromatic hydroxyl groups is 1. The minimum Gasteiger partial charge on any atom is -0.768 e. The van der Waals surface area contributed by atoms with Crippen molar-refractivity contribution in [3.63, 3.8) is 0 Å². The fourth-order valence-corrected chi connectivity index (χ4v) is 2.54. The molecular weight excluding hydrogens is 276 g/mol. The molecule has 20 heavy (non-hydrogen) atoms. The van der Waals surface area contributed by atoms with Gasteiger partial charge in [0.15, 0.2) is 0 Å². The molecule has 0 saturated heterocycles. The fraction of sp³-hybridized carbons (Fsp3) is 0.286. The summed E-state index contributed by atoms with van der Waals surface area (Å²) in [4.78, 5) is 2.09. The Morgan fingerprint density at radius 3 is 2.75 bits per heavy atom. The zero-order valence-electron chi connectivity index (χ0n) is 11.4. The molecule has 0 radical (unpaired) electrons. The molecule has 0 amide bonds. The number of anilines is 1. The second-order valence-electron chi connectivity index (χ2n) is 4.78. The predicted octanol–water partition coefficient (Wildman–Crippen LogP) is 1.82. The van der Waals surface area contributed by atoms with Crippen molar-refractivity contribution < 1.29 is 13.9 Å². The Labute approximate surface area is 120 Å². The number of likely N-dealkylation sites (N-methyl/N-ethyl adjacent to an activating group) is 1. The maximum atomic E-state index is 11.2. The van der Waals surface area contributed by atoms with Crippen LogP contribution in [0.4, 0.5) is 5.69 Å². The quantitative estimate of drug-likeness (QED) is 0.654. The molecule has 2 rings (SSSR count). The third-order valence-electron chi connectivity index (χ3n) is 3.08.